The van der Waals surface area contributed by atoms with E-state index < -0.39 is 11.8 Å². The van der Waals surface area contributed by atoms with Crippen LogP contribution >= 0.6 is 0 Å². The van der Waals surface area contributed by atoms with E-state index in [4.69, 9.17) is 4.74 Å². The van der Waals surface area contributed by atoms with Gasteiger partial charge in [0.25, 0.3) is 11.8 Å². The van der Waals surface area contributed by atoms with E-state index >= 15 is 0 Å². The van der Waals surface area contributed by atoms with Gasteiger partial charge in [0.2, 0.25) is 5.91 Å². The maximum absolute atomic E-state index is 12.5. The molecule has 0 aliphatic heterocycles. The molecule has 1 aliphatic rings. The Bertz CT molecular complexity index is 905. The van der Waals surface area contributed by atoms with Crippen molar-refractivity contribution in [2.45, 2.75) is 33.1 Å². The van der Waals surface area contributed by atoms with E-state index in [0.29, 0.717) is 35.1 Å². The van der Waals surface area contributed by atoms with Gasteiger partial charge in [0, 0.05) is 17.2 Å². The fourth-order valence-corrected chi connectivity index (χ4v) is 2.73. The van der Waals surface area contributed by atoms with Crippen LogP contribution in [0, 0.1) is 11.8 Å². The van der Waals surface area contributed by atoms with Crippen molar-refractivity contribution in [2.75, 3.05) is 11.9 Å². The quantitative estimate of drug-likeness (QED) is 0.581. The van der Waals surface area contributed by atoms with Crippen molar-refractivity contribution in [3.8, 4) is 5.75 Å². The van der Waals surface area contributed by atoms with Gasteiger partial charge in [-0.25, -0.2) is 0 Å². The summed E-state index contributed by atoms with van der Waals surface area (Å²) in [5, 5.41) is 2.82. The SMILES string of the molecule is CC(C)CCOc1ccccc1C(=O)NNC(=O)c1ccc(NC(=O)C2CC2)cc1. The number of rotatable bonds is 8. The Morgan fingerprint density at radius 3 is 2.30 bits per heavy atom. The molecule has 158 valence electrons. The predicted octanol–water partition coefficient (Wildman–Crippen LogP) is 3.53. The number of carbonyl (C=O) groups is 3. The van der Waals surface area contributed by atoms with Crippen LogP contribution in [0.25, 0.3) is 0 Å². The average molecular weight is 409 g/mol. The summed E-state index contributed by atoms with van der Waals surface area (Å²) in [6, 6.07) is 13.4. The van der Waals surface area contributed by atoms with E-state index in [1.165, 1.54) is 0 Å². The number of nitrogens with one attached hydrogen (secondary N) is 3. The summed E-state index contributed by atoms with van der Waals surface area (Å²) in [6.45, 7) is 4.72. The predicted molar refractivity (Wildman–Crippen MR) is 114 cm³/mol. The Labute approximate surface area is 176 Å². The fourth-order valence-electron chi connectivity index (χ4n) is 2.73. The molecule has 1 saturated carbocycles. The van der Waals surface area contributed by atoms with Gasteiger partial charge in [0.05, 0.1) is 12.2 Å². The first kappa shape index (κ1) is 21.4. The molecule has 1 aliphatic carbocycles. The van der Waals surface area contributed by atoms with Crippen molar-refractivity contribution in [1.82, 2.24) is 10.9 Å². The average Bonchev–Trinajstić information content (AvgIpc) is 3.58. The van der Waals surface area contributed by atoms with Gasteiger partial charge >= 0.3 is 0 Å². The fraction of sp³-hybridized carbons (Fsp3) is 0.348. The van der Waals surface area contributed by atoms with Crippen molar-refractivity contribution in [1.29, 1.82) is 0 Å². The molecule has 0 spiro atoms. The Morgan fingerprint density at radius 1 is 0.967 bits per heavy atom. The maximum Gasteiger partial charge on any atom is 0.273 e. The second kappa shape index (κ2) is 9.91. The molecule has 30 heavy (non-hydrogen) atoms. The standard InChI is InChI=1S/C23H27N3O4/c1-15(2)13-14-30-20-6-4-3-5-19(20)23(29)26-25-22(28)17-9-11-18(12-10-17)24-21(27)16-7-8-16/h3-6,9-12,15-16H,7-8,13-14H2,1-2H3,(H,24,27)(H,25,28)(H,26,29). The normalized spacial score (nSPS) is 12.9. The molecule has 3 rings (SSSR count). The summed E-state index contributed by atoms with van der Waals surface area (Å²) in [7, 11) is 0. The highest BCUT2D eigenvalue weighted by Gasteiger charge is 2.29. The van der Waals surface area contributed by atoms with Crippen LogP contribution in [0.1, 0.15) is 53.8 Å². The van der Waals surface area contributed by atoms with Gasteiger partial charge in [-0.05, 0) is 61.6 Å². The summed E-state index contributed by atoms with van der Waals surface area (Å²) in [5.74, 6) is 0.173. The zero-order valence-electron chi connectivity index (χ0n) is 17.2. The lowest BCUT2D eigenvalue weighted by Gasteiger charge is -2.13. The molecule has 7 nitrogen and oxygen atoms in total. The minimum atomic E-state index is -0.461. The zero-order chi connectivity index (χ0) is 21.5. The van der Waals surface area contributed by atoms with Gasteiger partial charge in [-0.3, -0.25) is 25.2 Å². The topological polar surface area (TPSA) is 96.5 Å². The Kier molecular flexibility index (Phi) is 7.06. The van der Waals surface area contributed by atoms with Crippen LogP contribution in [0.4, 0.5) is 5.69 Å². The summed E-state index contributed by atoms with van der Waals surface area (Å²) < 4.78 is 5.72. The van der Waals surface area contributed by atoms with E-state index in [0.717, 1.165) is 19.3 Å². The molecule has 0 unspecified atom stereocenters. The lowest BCUT2D eigenvalue weighted by molar-refractivity contribution is -0.117. The van der Waals surface area contributed by atoms with Gasteiger partial charge in [-0.1, -0.05) is 26.0 Å². The smallest absolute Gasteiger partial charge is 0.273 e. The van der Waals surface area contributed by atoms with E-state index in [1.54, 1.807) is 48.5 Å². The monoisotopic (exact) mass is 409 g/mol. The van der Waals surface area contributed by atoms with Crippen molar-refractivity contribution in [3.05, 3.63) is 59.7 Å². The number of benzene rings is 2. The van der Waals surface area contributed by atoms with Gasteiger partial charge < -0.3 is 10.1 Å². The second-order valence-corrected chi connectivity index (χ2v) is 7.78. The molecule has 0 aromatic heterocycles. The van der Waals surface area contributed by atoms with Crippen LogP contribution in [0.15, 0.2) is 48.5 Å². The number of para-hydroxylation sites is 1. The minimum Gasteiger partial charge on any atom is -0.493 e. The van der Waals surface area contributed by atoms with Gasteiger partial charge in [-0.2, -0.15) is 0 Å². The highest BCUT2D eigenvalue weighted by atomic mass is 16.5. The largest absolute Gasteiger partial charge is 0.493 e. The maximum atomic E-state index is 12.5. The van der Waals surface area contributed by atoms with Gasteiger partial charge in [-0.15, -0.1) is 0 Å². The van der Waals surface area contributed by atoms with Crippen molar-refractivity contribution >= 4 is 23.4 Å². The minimum absolute atomic E-state index is 0.00810. The van der Waals surface area contributed by atoms with Crippen molar-refractivity contribution in [3.63, 3.8) is 0 Å². The molecule has 2 aromatic carbocycles. The van der Waals surface area contributed by atoms with Crippen LogP contribution < -0.4 is 20.9 Å². The number of amides is 3. The second-order valence-electron chi connectivity index (χ2n) is 7.78. The van der Waals surface area contributed by atoms with Crippen LogP contribution in [0.3, 0.4) is 0 Å². The highest BCUT2D eigenvalue weighted by molar-refractivity contribution is 6.01. The number of ether oxygens (including phenoxy) is 1. The van der Waals surface area contributed by atoms with Crippen LogP contribution in [-0.2, 0) is 4.79 Å². The summed E-state index contributed by atoms with van der Waals surface area (Å²) >= 11 is 0. The van der Waals surface area contributed by atoms with Crippen LogP contribution in [0.5, 0.6) is 5.75 Å². The first-order valence-electron chi connectivity index (χ1n) is 10.2. The number of hydrogen-bond donors (Lipinski definition) is 3. The molecule has 0 atom stereocenters. The lowest BCUT2D eigenvalue weighted by Crippen LogP contribution is -2.41. The molecular weight excluding hydrogens is 382 g/mol. The molecule has 7 heteroatoms. The number of hydrazine groups is 1. The van der Waals surface area contributed by atoms with Crippen molar-refractivity contribution < 1.29 is 19.1 Å². The molecule has 2 aromatic rings. The Morgan fingerprint density at radius 2 is 1.63 bits per heavy atom. The molecular formula is C23H27N3O4. The third kappa shape index (κ3) is 6.07. The van der Waals surface area contributed by atoms with E-state index in [2.05, 4.69) is 30.0 Å². The molecule has 0 saturated heterocycles. The first-order chi connectivity index (χ1) is 14.4. The Balaban J connectivity index is 1.53. The third-order valence-corrected chi connectivity index (χ3v) is 4.74. The zero-order valence-corrected chi connectivity index (χ0v) is 17.2. The number of hydrogen-bond acceptors (Lipinski definition) is 4. The molecule has 0 bridgehead atoms. The van der Waals surface area contributed by atoms with Crippen molar-refractivity contribution in [2.24, 2.45) is 11.8 Å². The van der Waals surface area contributed by atoms with E-state index in [9.17, 15) is 14.4 Å². The van der Waals surface area contributed by atoms with Gasteiger partial charge in [0.1, 0.15) is 5.75 Å². The highest BCUT2D eigenvalue weighted by Crippen LogP contribution is 2.30. The molecule has 0 radical (unpaired) electrons. The molecule has 3 amide bonds. The van der Waals surface area contributed by atoms with Crippen LogP contribution in [0.2, 0.25) is 0 Å². The molecule has 3 N–H and O–H groups in total. The lowest BCUT2D eigenvalue weighted by atomic mass is 10.1. The first-order valence-corrected chi connectivity index (χ1v) is 10.2. The Hall–Kier alpha value is -3.35. The van der Waals surface area contributed by atoms with Gasteiger partial charge in [0.15, 0.2) is 0 Å². The van der Waals surface area contributed by atoms with E-state index in [-0.39, 0.29) is 11.8 Å². The number of carbonyl (C=O) groups excluding carboxylic acids is 3. The molecule has 0 heterocycles. The summed E-state index contributed by atoms with van der Waals surface area (Å²) in [5.41, 5.74) is 6.17. The number of anilines is 1. The molecule has 1 fully saturated rings. The van der Waals surface area contributed by atoms with E-state index in [1.807, 2.05) is 0 Å². The third-order valence-electron chi connectivity index (χ3n) is 4.74. The summed E-state index contributed by atoms with van der Waals surface area (Å²) in [6.07, 6.45) is 2.74. The van der Waals surface area contributed by atoms with Crippen LogP contribution in [-0.4, -0.2) is 24.3 Å². The summed E-state index contributed by atoms with van der Waals surface area (Å²) in [4.78, 5) is 36.6.